The van der Waals surface area contributed by atoms with Gasteiger partial charge in [0.1, 0.15) is 5.82 Å². The first-order valence-electron chi connectivity index (χ1n) is 5.45. The maximum Gasteiger partial charge on any atom is 0.173 e. The lowest BCUT2D eigenvalue weighted by atomic mass is 10.1. The lowest BCUT2D eigenvalue weighted by Crippen LogP contribution is -2.30. The summed E-state index contributed by atoms with van der Waals surface area (Å²) in [7, 11) is 0. The number of aryl methyl sites for hydroxylation is 1. The number of nitrogens with two attached hydrogens (primary N) is 1. The number of furan rings is 1. The SMILES string of the molecule is CCn1ccnc1CC(NN)c1ccoc1Br. The van der Waals surface area contributed by atoms with Gasteiger partial charge in [0.25, 0.3) is 0 Å². The number of hydrogen-bond acceptors (Lipinski definition) is 4. The van der Waals surface area contributed by atoms with Crippen molar-refractivity contribution >= 4 is 15.9 Å². The summed E-state index contributed by atoms with van der Waals surface area (Å²) in [5, 5.41) is 0. The van der Waals surface area contributed by atoms with Gasteiger partial charge in [0.2, 0.25) is 0 Å². The van der Waals surface area contributed by atoms with Crippen molar-refractivity contribution < 1.29 is 4.42 Å². The predicted molar refractivity (Wildman–Crippen MR) is 68.1 cm³/mol. The Kier molecular flexibility index (Phi) is 3.98. The third-order valence-electron chi connectivity index (χ3n) is 2.75. The van der Waals surface area contributed by atoms with Gasteiger partial charge in [-0.05, 0) is 28.9 Å². The molecule has 0 aliphatic rings. The Morgan fingerprint density at radius 2 is 2.47 bits per heavy atom. The third kappa shape index (κ3) is 2.59. The molecule has 5 nitrogen and oxygen atoms in total. The molecule has 0 aromatic carbocycles. The number of hydrogen-bond donors (Lipinski definition) is 2. The summed E-state index contributed by atoms with van der Waals surface area (Å²) in [6, 6.07) is 1.88. The van der Waals surface area contributed by atoms with Gasteiger partial charge in [-0.3, -0.25) is 11.3 Å². The molecule has 6 heteroatoms. The first-order valence-corrected chi connectivity index (χ1v) is 6.24. The molecule has 0 aliphatic carbocycles. The van der Waals surface area contributed by atoms with E-state index in [1.807, 2.05) is 12.3 Å². The molecule has 2 heterocycles. The Morgan fingerprint density at radius 1 is 1.65 bits per heavy atom. The van der Waals surface area contributed by atoms with Crippen LogP contribution in [0, 0.1) is 0 Å². The van der Waals surface area contributed by atoms with Crippen LogP contribution in [0.25, 0.3) is 0 Å². The minimum absolute atomic E-state index is 0.0178. The lowest BCUT2D eigenvalue weighted by Gasteiger charge is -2.15. The fourth-order valence-electron chi connectivity index (χ4n) is 1.81. The molecule has 0 radical (unpaired) electrons. The van der Waals surface area contributed by atoms with Crippen molar-refractivity contribution in [2.75, 3.05) is 0 Å². The molecular weight excluding hydrogens is 284 g/mol. The fourth-order valence-corrected chi connectivity index (χ4v) is 2.33. The maximum absolute atomic E-state index is 5.59. The van der Waals surface area contributed by atoms with E-state index in [9.17, 15) is 0 Å². The second-order valence-electron chi connectivity index (χ2n) is 3.70. The summed E-state index contributed by atoms with van der Waals surface area (Å²) in [5.41, 5.74) is 3.79. The van der Waals surface area contributed by atoms with Gasteiger partial charge in [-0.1, -0.05) is 0 Å². The summed E-state index contributed by atoms with van der Waals surface area (Å²) in [6.07, 6.45) is 6.12. The number of rotatable bonds is 5. The molecule has 1 atom stereocenters. The zero-order valence-electron chi connectivity index (χ0n) is 9.56. The van der Waals surface area contributed by atoms with Crippen molar-refractivity contribution in [2.24, 2.45) is 5.84 Å². The van der Waals surface area contributed by atoms with E-state index in [-0.39, 0.29) is 6.04 Å². The van der Waals surface area contributed by atoms with Crippen LogP contribution in [0.2, 0.25) is 0 Å². The van der Waals surface area contributed by atoms with Crippen molar-refractivity contribution in [1.29, 1.82) is 0 Å². The second-order valence-corrected chi connectivity index (χ2v) is 4.42. The average molecular weight is 299 g/mol. The highest BCUT2D eigenvalue weighted by Gasteiger charge is 2.18. The number of nitrogens with zero attached hydrogens (tertiary/aromatic N) is 2. The molecule has 0 fully saturated rings. The Bertz CT molecular complexity index is 479. The van der Waals surface area contributed by atoms with Crippen LogP contribution in [-0.2, 0) is 13.0 Å². The second kappa shape index (κ2) is 5.48. The van der Waals surface area contributed by atoms with Crippen LogP contribution < -0.4 is 11.3 Å². The molecule has 1 unspecified atom stereocenters. The van der Waals surface area contributed by atoms with E-state index < -0.39 is 0 Å². The molecule has 2 rings (SSSR count). The molecule has 3 N–H and O–H groups in total. The first kappa shape index (κ1) is 12.3. The normalized spacial score (nSPS) is 12.9. The molecule has 2 aromatic rings. The Morgan fingerprint density at radius 3 is 3.06 bits per heavy atom. The van der Waals surface area contributed by atoms with Crippen LogP contribution in [0.15, 0.2) is 33.8 Å². The topological polar surface area (TPSA) is 69.0 Å². The van der Waals surface area contributed by atoms with E-state index in [0.29, 0.717) is 4.67 Å². The number of imidazole rings is 1. The van der Waals surface area contributed by atoms with Crippen molar-refractivity contribution in [1.82, 2.24) is 15.0 Å². The molecule has 0 amide bonds. The van der Waals surface area contributed by atoms with Gasteiger partial charge in [0, 0.05) is 30.9 Å². The molecule has 2 aromatic heterocycles. The van der Waals surface area contributed by atoms with Crippen LogP contribution in [-0.4, -0.2) is 9.55 Å². The van der Waals surface area contributed by atoms with Gasteiger partial charge in [-0.25, -0.2) is 4.98 Å². The van der Waals surface area contributed by atoms with E-state index in [4.69, 9.17) is 10.3 Å². The zero-order chi connectivity index (χ0) is 12.3. The number of aromatic nitrogens is 2. The highest BCUT2D eigenvalue weighted by molar-refractivity contribution is 9.10. The Balaban J connectivity index is 2.19. The summed E-state index contributed by atoms with van der Waals surface area (Å²) in [4.78, 5) is 4.34. The van der Waals surface area contributed by atoms with Gasteiger partial charge in [0.15, 0.2) is 4.67 Å². The highest BCUT2D eigenvalue weighted by Crippen LogP contribution is 2.26. The largest absolute Gasteiger partial charge is 0.457 e. The van der Waals surface area contributed by atoms with Crippen molar-refractivity contribution in [3.05, 3.63) is 40.8 Å². The standard InChI is InChI=1S/C11H15BrN4O/c1-2-16-5-4-14-10(16)7-9(15-13)8-3-6-17-11(8)12/h3-6,9,15H,2,7,13H2,1H3. The molecule has 0 spiro atoms. The summed E-state index contributed by atoms with van der Waals surface area (Å²) < 4.78 is 8.02. The predicted octanol–water partition coefficient (Wildman–Crippen LogP) is 2.01. The fraction of sp³-hybridized carbons (Fsp3) is 0.364. The van der Waals surface area contributed by atoms with Gasteiger partial charge in [-0.15, -0.1) is 0 Å². The van der Waals surface area contributed by atoms with Crippen LogP contribution >= 0.6 is 15.9 Å². The third-order valence-corrected chi connectivity index (χ3v) is 3.40. The average Bonchev–Trinajstić information content (AvgIpc) is 2.94. The molecule has 0 aliphatic heterocycles. The smallest absolute Gasteiger partial charge is 0.173 e. The highest BCUT2D eigenvalue weighted by atomic mass is 79.9. The summed E-state index contributed by atoms with van der Waals surface area (Å²) in [5.74, 6) is 6.59. The quantitative estimate of drug-likeness (QED) is 0.654. The number of nitrogens with one attached hydrogen (secondary N) is 1. The van der Waals surface area contributed by atoms with Crippen LogP contribution in [0.5, 0.6) is 0 Å². The van der Waals surface area contributed by atoms with E-state index in [1.165, 1.54) is 0 Å². The van der Waals surface area contributed by atoms with Gasteiger partial charge >= 0.3 is 0 Å². The molecule has 17 heavy (non-hydrogen) atoms. The van der Waals surface area contributed by atoms with E-state index >= 15 is 0 Å². The Labute approximate surface area is 108 Å². The van der Waals surface area contributed by atoms with Gasteiger partial charge in [-0.2, -0.15) is 0 Å². The molecular formula is C11H15BrN4O. The first-order chi connectivity index (χ1) is 8.26. The number of hydrazine groups is 1. The molecule has 92 valence electrons. The lowest BCUT2D eigenvalue weighted by molar-refractivity contribution is 0.494. The van der Waals surface area contributed by atoms with Gasteiger partial charge in [0.05, 0.1) is 12.3 Å². The minimum atomic E-state index is -0.0178. The molecule has 0 bridgehead atoms. The summed E-state index contributed by atoms with van der Waals surface area (Å²) in [6.45, 7) is 2.99. The van der Waals surface area contributed by atoms with Gasteiger partial charge < -0.3 is 8.98 Å². The molecule has 0 saturated heterocycles. The monoisotopic (exact) mass is 298 g/mol. The minimum Gasteiger partial charge on any atom is -0.457 e. The zero-order valence-corrected chi connectivity index (χ0v) is 11.1. The van der Waals surface area contributed by atoms with Crippen molar-refractivity contribution in [2.45, 2.75) is 25.9 Å². The van der Waals surface area contributed by atoms with E-state index in [1.54, 1.807) is 12.5 Å². The van der Waals surface area contributed by atoms with Crippen LogP contribution in [0.4, 0.5) is 0 Å². The van der Waals surface area contributed by atoms with Crippen molar-refractivity contribution in [3.63, 3.8) is 0 Å². The van der Waals surface area contributed by atoms with E-state index in [0.717, 1.165) is 24.4 Å². The number of halogens is 1. The van der Waals surface area contributed by atoms with Crippen LogP contribution in [0.1, 0.15) is 24.4 Å². The summed E-state index contributed by atoms with van der Waals surface area (Å²) >= 11 is 3.36. The maximum atomic E-state index is 5.59. The Hall–Kier alpha value is -1.11. The van der Waals surface area contributed by atoms with E-state index in [2.05, 4.69) is 37.8 Å². The molecule has 0 saturated carbocycles. The van der Waals surface area contributed by atoms with Crippen LogP contribution in [0.3, 0.4) is 0 Å². The van der Waals surface area contributed by atoms with Crippen molar-refractivity contribution in [3.8, 4) is 0 Å².